The summed E-state index contributed by atoms with van der Waals surface area (Å²) in [6.45, 7) is 0.788. The fourth-order valence-electron chi connectivity index (χ4n) is 2.72. The number of nitrogens with zero attached hydrogens (tertiary/aromatic N) is 3. The number of aromatic nitrogens is 2. The Bertz CT molecular complexity index is 596. The minimum absolute atomic E-state index is 0.0516. The Balaban J connectivity index is 1.87. The van der Waals surface area contributed by atoms with Crippen LogP contribution in [0.5, 0.6) is 0 Å². The molecule has 1 atom stereocenters. The molecule has 1 saturated heterocycles. The van der Waals surface area contributed by atoms with Gasteiger partial charge in [0, 0.05) is 12.7 Å². The van der Waals surface area contributed by atoms with Crippen LogP contribution in [0.3, 0.4) is 0 Å². The molecule has 0 saturated carbocycles. The summed E-state index contributed by atoms with van der Waals surface area (Å²) in [6.07, 6.45) is 6.57. The second-order valence-corrected chi connectivity index (χ2v) is 5.92. The molecule has 104 valence electrons. The van der Waals surface area contributed by atoms with Crippen LogP contribution in [0.25, 0.3) is 0 Å². The summed E-state index contributed by atoms with van der Waals surface area (Å²) >= 11 is 3.33. The third-order valence-electron chi connectivity index (χ3n) is 3.68. The minimum atomic E-state index is -0.0516. The fraction of sp³-hybridized carbons (Fsp3) is 0.333. The molecule has 0 radical (unpaired) electrons. The van der Waals surface area contributed by atoms with Gasteiger partial charge in [-0.15, -0.1) is 0 Å². The van der Waals surface area contributed by atoms with E-state index in [0.29, 0.717) is 0 Å². The van der Waals surface area contributed by atoms with Crippen LogP contribution in [0, 0.1) is 0 Å². The third kappa shape index (κ3) is 2.63. The summed E-state index contributed by atoms with van der Waals surface area (Å²) in [6, 6.07) is 10.3. The average Bonchev–Trinajstić information content (AvgIpc) is 2.94. The molecule has 4 nitrogen and oxygen atoms in total. The number of benzene rings is 1. The maximum absolute atomic E-state index is 12.6. The Hall–Kier alpha value is -1.62. The predicted molar refractivity (Wildman–Crippen MR) is 80.5 cm³/mol. The fourth-order valence-corrected chi connectivity index (χ4v) is 3.00. The average molecular weight is 334 g/mol. The van der Waals surface area contributed by atoms with Crippen LogP contribution in [-0.2, 0) is 0 Å². The first kappa shape index (κ1) is 13.4. The molecular weight excluding hydrogens is 318 g/mol. The number of carbonyl (C=O) groups excluding carboxylic acids is 1. The lowest BCUT2D eigenvalue weighted by atomic mass is 9.96. The first-order chi connectivity index (χ1) is 9.75. The molecule has 1 aromatic heterocycles. The summed E-state index contributed by atoms with van der Waals surface area (Å²) in [7, 11) is 0. The van der Waals surface area contributed by atoms with Crippen molar-refractivity contribution in [3.8, 4) is 0 Å². The van der Waals surface area contributed by atoms with E-state index in [2.05, 4.69) is 33.2 Å². The van der Waals surface area contributed by atoms with Gasteiger partial charge in [-0.25, -0.2) is 4.79 Å². The smallest absolute Gasteiger partial charge is 0.316 e. The lowest BCUT2D eigenvalue weighted by Gasteiger charge is -2.35. The lowest BCUT2D eigenvalue weighted by Crippen LogP contribution is -2.41. The molecule has 0 bridgehead atoms. The minimum Gasteiger partial charge on any atom is -0.316 e. The van der Waals surface area contributed by atoms with Crippen LogP contribution in [-0.4, -0.2) is 27.3 Å². The van der Waals surface area contributed by atoms with Crippen LogP contribution >= 0.6 is 15.9 Å². The predicted octanol–water partition coefficient (Wildman–Crippen LogP) is 3.84. The van der Waals surface area contributed by atoms with Crippen LogP contribution < -0.4 is 0 Å². The van der Waals surface area contributed by atoms with E-state index in [1.165, 1.54) is 10.2 Å². The Morgan fingerprint density at radius 1 is 1.25 bits per heavy atom. The molecule has 0 aliphatic carbocycles. The van der Waals surface area contributed by atoms with Crippen molar-refractivity contribution >= 4 is 22.0 Å². The van der Waals surface area contributed by atoms with E-state index in [1.807, 2.05) is 23.1 Å². The standard InChI is InChI=1S/C15H16BrN3O/c16-13-10-17-19(11-13)15(20)18-9-5-4-8-14(18)12-6-2-1-3-7-12/h1-3,6-7,10-11,14H,4-5,8-9H2. The van der Waals surface area contributed by atoms with E-state index >= 15 is 0 Å². The van der Waals surface area contributed by atoms with Crippen molar-refractivity contribution in [2.75, 3.05) is 6.54 Å². The maximum Gasteiger partial charge on any atom is 0.345 e. The summed E-state index contributed by atoms with van der Waals surface area (Å²) < 4.78 is 2.23. The van der Waals surface area contributed by atoms with Crippen LogP contribution in [0.2, 0.25) is 0 Å². The number of hydrogen-bond donors (Lipinski definition) is 0. The number of amides is 1. The van der Waals surface area contributed by atoms with Gasteiger partial charge >= 0.3 is 6.03 Å². The Kier molecular flexibility index (Phi) is 3.87. The van der Waals surface area contributed by atoms with Gasteiger partial charge in [0.05, 0.1) is 16.7 Å². The molecule has 1 amide bonds. The van der Waals surface area contributed by atoms with Crippen molar-refractivity contribution < 1.29 is 4.79 Å². The zero-order chi connectivity index (χ0) is 13.9. The van der Waals surface area contributed by atoms with Gasteiger partial charge in [0.15, 0.2) is 0 Å². The van der Waals surface area contributed by atoms with E-state index in [0.717, 1.165) is 30.3 Å². The van der Waals surface area contributed by atoms with E-state index < -0.39 is 0 Å². The summed E-state index contributed by atoms with van der Waals surface area (Å²) in [5.41, 5.74) is 1.20. The zero-order valence-electron chi connectivity index (χ0n) is 11.1. The second kappa shape index (κ2) is 5.79. The first-order valence-corrected chi connectivity index (χ1v) is 7.61. The van der Waals surface area contributed by atoms with Crippen molar-refractivity contribution in [1.29, 1.82) is 0 Å². The van der Waals surface area contributed by atoms with Crippen LogP contribution in [0.1, 0.15) is 30.9 Å². The van der Waals surface area contributed by atoms with Gasteiger partial charge in [-0.2, -0.15) is 9.78 Å². The highest BCUT2D eigenvalue weighted by Crippen LogP contribution is 2.31. The highest BCUT2D eigenvalue weighted by atomic mass is 79.9. The largest absolute Gasteiger partial charge is 0.345 e. The summed E-state index contributed by atoms with van der Waals surface area (Å²) in [5.74, 6) is 0. The number of halogens is 1. The van der Waals surface area contributed by atoms with E-state index in [4.69, 9.17) is 0 Å². The molecule has 1 aliphatic rings. The number of hydrogen-bond acceptors (Lipinski definition) is 2. The number of rotatable bonds is 1. The quantitative estimate of drug-likeness (QED) is 0.795. The number of likely N-dealkylation sites (tertiary alicyclic amines) is 1. The zero-order valence-corrected chi connectivity index (χ0v) is 12.7. The third-order valence-corrected chi connectivity index (χ3v) is 4.09. The Labute approximate surface area is 126 Å². The van der Waals surface area contributed by atoms with E-state index in [9.17, 15) is 4.79 Å². The lowest BCUT2D eigenvalue weighted by molar-refractivity contribution is 0.150. The second-order valence-electron chi connectivity index (χ2n) is 5.00. The molecule has 2 heterocycles. The van der Waals surface area contributed by atoms with Gasteiger partial charge in [-0.3, -0.25) is 0 Å². The topological polar surface area (TPSA) is 38.1 Å². The first-order valence-electron chi connectivity index (χ1n) is 6.82. The Morgan fingerprint density at radius 2 is 2.05 bits per heavy atom. The van der Waals surface area contributed by atoms with Crippen LogP contribution in [0.4, 0.5) is 4.79 Å². The molecule has 1 aliphatic heterocycles. The van der Waals surface area contributed by atoms with Crippen LogP contribution in [0.15, 0.2) is 47.2 Å². The molecular formula is C15H16BrN3O. The van der Waals surface area contributed by atoms with Gasteiger partial charge in [-0.1, -0.05) is 30.3 Å². The van der Waals surface area contributed by atoms with E-state index in [1.54, 1.807) is 12.4 Å². The normalized spacial score (nSPS) is 19.1. The maximum atomic E-state index is 12.6. The summed E-state index contributed by atoms with van der Waals surface area (Å²) in [4.78, 5) is 14.5. The molecule has 0 N–H and O–H groups in total. The van der Waals surface area contributed by atoms with Gasteiger partial charge in [0.1, 0.15) is 0 Å². The molecule has 1 unspecified atom stereocenters. The van der Waals surface area contributed by atoms with Gasteiger partial charge in [-0.05, 0) is 40.8 Å². The van der Waals surface area contributed by atoms with Crippen molar-refractivity contribution in [1.82, 2.24) is 14.7 Å². The molecule has 3 rings (SSSR count). The number of carbonyl (C=O) groups is 1. The number of piperidine rings is 1. The molecule has 20 heavy (non-hydrogen) atoms. The van der Waals surface area contributed by atoms with Gasteiger partial charge in [0.25, 0.3) is 0 Å². The SMILES string of the molecule is O=C(N1CCCCC1c1ccccc1)n1cc(Br)cn1. The summed E-state index contributed by atoms with van der Waals surface area (Å²) in [5, 5.41) is 4.10. The molecule has 2 aromatic rings. The van der Waals surface area contributed by atoms with Gasteiger partial charge < -0.3 is 4.90 Å². The molecule has 1 fully saturated rings. The van der Waals surface area contributed by atoms with E-state index in [-0.39, 0.29) is 12.1 Å². The highest BCUT2D eigenvalue weighted by molar-refractivity contribution is 9.10. The van der Waals surface area contributed by atoms with Crippen molar-refractivity contribution in [2.24, 2.45) is 0 Å². The molecule has 5 heteroatoms. The highest BCUT2D eigenvalue weighted by Gasteiger charge is 2.29. The molecule has 1 aromatic carbocycles. The monoisotopic (exact) mass is 333 g/mol. The van der Waals surface area contributed by atoms with Crippen molar-refractivity contribution in [2.45, 2.75) is 25.3 Å². The Morgan fingerprint density at radius 3 is 2.75 bits per heavy atom. The van der Waals surface area contributed by atoms with Crippen molar-refractivity contribution in [3.05, 3.63) is 52.8 Å². The molecule has 0 spiro atoms. The van der Waals surface area contributed by atoms with Crippen molar-refractivity contribution in [3.63, 3.8) is 0 Å². The van der Waals surface area contributed by atoms with Gasteiger partial charge in [0.2, 0.25) is 0 Å².